The zero-order valence-electron chi connectivity index (χ0n) is 33.2. The monoisotopic (exact) mass is 758 g/mol. The van der Waals surface area contributed by atoms with Gasteiger partial charge in [-0.15, -0.1) is 0 Å². The van der Waals surface area contributed by atoms with Crippen LogP contribution in [0.3, 0.4) is 0 Å². The van der Waals surface area contributed by atoms with Gasteiger partial charge in [0.2, 0.25) is 0 Å². The Hall–Kier alpha value is -1.97. The highest BCUT2D eigenvalue weighted by Crippen LogP contribution is 2.67. The molecule has 282 valence electrons. The Morgan fingerprint density at radius 2 is 1.71 bits per heavy atom. The molecule has 0 aromatic heterocycles. The van der Waals surface area contributed by atoms with Gasteiger partial charge in [0.05, 0.1) is 0 Å². The van der Waals surface area contributed by atoms with Crippen LogP contribution < -0.4 is 0 Å². The van der Waals surface area contributed by atoms with Crippen LogP contribution in [-0.4, -0.2) is 12.1 Å². The van der Waals surface area contributed by atoms with E-state index in [1.807, 2.05) is 12.2 Å². The summed E-state index contributed by atoms with van der Waals surface area (Å²) < 4.78 is 6.10. The lowest BCUT2D eigenvalue weighted by atomic mass is 9.47. The molecule has 0 spiro atoms. The van der Waals surface area contributed by atoms with Crippen molar-refractivity contribution in [2.45, 2.75) is 176 Å². The van der Waals surface area contributed by atoms with Crippen molar-refractivity contribution in [1.82, 2.24) is 0 Å². The van der Waals surface area contributed by atoms with Crippen molar-refractivity contribution in [3.05, 3.63) is 47.0 Å². The first kappa shape index (κ1) is 41.8. The zero-order chi connectivity index (χ0) is 36.7. The van der Waals surface area contributed by atoms with E-state index in [0.717, 1.165) is 93.8 Å². The van der Waals surface area contributed by atoms with Gasteiger partial charge >= 0.3 is 5.97 Å². The van der Waals surface area contributed by atoms with Crippen LogP contribution in [0.15, 0.2) is 47.0 Å². The summed E-state index contributed by atoms with van der Waals surface area (Å²) in [6.07, 6.45) is 32.4. The quantitative estimate of drug-likeness (QED) is 0.0639. The van der Waals surface area contributed by atoms with Crippen LogP contribution in [-0.2, 0) is 9.53 Å². The topological polar surface area (TPSA) is 26.3 Å². The molecule has 0 bridgehead atoms. The van der Waals surface area contributed by atoms with Gasteiger partial charge in [0.15, 0.2) is 0 Å². The van der Waals surface area contributed by atoms with E-state index in [2.05, 4.69) is 93.0 Å². The molecule has 3 heteroatoms. The van der Waals surface area contributed by atoms with Crippen molar-refractivity contribution < 1.29 is 9.53 Å². The van der Waals surface area contributed by atoms with E-state index in [4.69, 9.17) is 4.74 Å². The Bertz CT molecular complexity index is 1340. The third-order valence-corrected chi connectivity index (χ3v) is 14.5. The number of carbonyl (C=O) groups excluding carboxylic acids is 1. The SMILES string of the molecule is C=C(CC[C@@H](C)[C@H]1CC[C@H]2[C@@H]3CC=C4C[C@H](OC(=O)CCCCCC#C/C=C/CCCCC#C/C=C/Br)CC[C@]4(C)[C@H]3CC[C@]12C)C(CC)CC. The summed E-state index contributed by atoms with van der Waals surface area (Å²) in [7, 11) is 0. The molecule has 8 atom stereocenters. The Balaban J connectivity index is 1.15. The first-order valence-corrected chi connectivity index (χ1v) is 22.0. The summed E-state index contributed by atoms with van der Waals surface area (Å²) >= 11 is 3.22. The van der Waals surface area contributed by atoms with Gasteiger partial charge in [0.25, 0.3) is 0 Å². The number of ether oxygens (including phenoxy) is 1. The van der Waals surface area contributed by atoms with E-state index < -0.39 is 0 Å². The maximum atomic E-state index is 12.8. The third kappa shape index (κ3) is 11.3. The van der Waals surface area contributed by atoms with Gasteiger partial charge in [-0.25, -0.2) is 0 Å². The first-order valence-electron chi connectivity index (χ1n) is 21.1. The molecule has 0 saturated heterocycles. The van der Waals surface area contributed by atoms with Crippen molar-refractivity contribution in [2.75, 3.05) is 0 Å². The highest BCUT2D eigenvalue weighted by molar-refractivity contribution is 9.11. The lowest BCUT2D eigenvalue weighted by molar-refractivity contribution is -0.151. The maximum Gasteiger partial charge on any atom is 0.306 e. The molecule has 4 rings (SSSR count). The van der Waals surface area contributed by atoms with E-state index in [0.29, 0.717) is 23.2 Å². The van der Waals surface area contributed by atoms with Gasteiger partial charge in [-0.1, -0.05) is 111 Å². The Labute approximate surface area is 322 Å². The minimum atomic E-state index is 0.000469. The Kier molecular flexibility index (Phi) is 17.2. The molecule has 51 heavy (non-hydrogen) atoms. The van der Waals surface area contributed by atoms with Crippen LogP contribution >= 0.6 is 15.9 Å². The second-order valence-corrected chi connectivity index (χ2v) is 17.7. The highest BCUT2D eigenvalue weighted by Gasteiger charge is 2.59. The molecule has 0 amide bonds. The molecule has 0 aromatic carbocycles. The number of allylic oxidation sites excluding steroid dienone is 5. The summed E-state index contributed by atoms with van der Waals surface area (Å²) in [6, 6.07) is 0. The normalized spacial score (nSPS) is 30.4. The Morgan fingerprint density at radius 3 is 2.45 bits per heavy atom. The number of esters is 1. The predicted molar refractivity (Wildman–Crippen MR) is 221 cm³/mol. The van der Waals surface area contributed by atoms with Crippen molar-refractivity contribution in [3.63, 3.8) is 0 Å². The summed E-state index contributed by atoms with van der Waals surface area (Å²) in [6.45, 7) is 17.0. The molecule has 0 N–H and O–H groups in total. The molecule has 0 radical (unpaired) electrons. The molecule has 0 aliphatic heterocycles. The molecule has 0 heterocycles. The van der Waals surface area contributed by atoms with Crippen LogP contribution in [0.2, 0.25) is 0 Å². The molecule has 0 unspecified atom stereocenters. The number of carbonyl (C=O) groups is 1. The van der Waals surface area contributed by atoms with Crippen molar-refractivity contribution in [3.8, 4) is 23.7 Å². The number of hydrogen-bond donors (Lipinski definition) is 0. The smallest absolute Gasteiger partial charge is 0.306 e. The first-order chi connectivity index (χ1) is 24.7. The molecule has 3 fully saturated rings. The van der Waals surface area contributed by atoms with Crippen molar-refractivity contribution in [2.24, 2.45) is 46.3 Å². The second kappa shape index (κ2) is 21.1. The minimum Gasteiger partial charge on any atom is -0.462 e. The van der Waals surface area contributed by atoms with Crippen LogP contribution in [0.4, 0.5) is 0 Å². The Morgan fingerprint density at radius 1 is 0.961 bits per heavy atom. The van der Waals surface area contributed by atoms with Gasteiger partial charge in [-0.05, 0) is 166 Å². The van der Waals surface area contributed by atoms with Crippen molar-refractivity contribution >= 4 is 21.9 Å². The van der Waals surface area contributed by atoms with Gasteiger partial charge < -0.3 is 4.74 Å². The van der Waals surface area contributed by atoms with Crippen LogP contribution in [0, 0.1) is 70.0 Å². The largest absolute Gasteiger partial charge is 0.462 e. The molecule has 0 aromatic rings. The maximum absolute atomic E-state index is 12.8. The highest BCUT2D eigenvalue weighted by atomic mass is 79.9. The minimum absolute atomic E-state index is 0.000469. The van der Waals surface area contributed by atoms with Gasteiger partial charge in [0.1, 0.15) is 6.10 Å². The average molecular weight is 760 g/mol. The van der Waals surface area contributed by atoms with E-state index in [-0.39, 0.29) is 12.1 Å². The zero-order valence-corrected chi connectivity index (χ0v) is 34.8. The van der Waals surface area contributed by atoms with Crippen LogP contribution in [0.1, 0.15) is 169 Å². The average Bonchev–Trinajstić information content (AvgIpc) is 3.48. The molecule has 4 aliphatic rings. The number of rotatable bonds is 17. The number of unbranched alkanes of at least 4 members (excludes halogenated alkanes) is 6. The van der Waals surface area contributed by atoms with Crippen molar-refractivity contribution in [1.29, 1.82) is 0 Å². The van der Waals surface area contributed by atoms with Crippen LogP contribution in [0.5, 0.6) is 0 Å². The number of fused-ring (bicyclic) bond motifs is 5. The number of hydrogen-bond acceptors (Lipinski definition) is 2. The lowest BCUT2D eigenvalue weighted by Gasteiger charge is -2.58. The van der Waals surface area contributed by atoms with Crippen LogP contribution in [0.25, 0.3) is 0 Å². The van der Waals surface area contributed by atoms with E-state index in [1.165, 1.54) is 69.8 Å². The molecule has 2 nitrogen and oxygen atoms in total. The van der Waals surface area contributed by atoms with Gasteiger partial charge in [0, 0.05) is 25.7 Å². The fourth-order valence-electron chi connectivity index (χ4n) is 11.2. The summed E-state index contributed by atoms with van der Waals surface area (Å²) in [4.78, 5) is 14.6. The molecule has 3 saturated carbocycles. The van der Waals surface area contributed by atoms with Gasteiger partial charge in [-0.3, -0.25) is 4.79 Å². The van der Waals surface area contributed by atoms with Gasteiger partial charge in [-0.2, -0.15) is 0 Å². The fraction of sp³-hybridized carbons (Fsp3) is 0.729. The third-order valence-electron chi connectivity index (χ3n) is 14.3. The van der Waals surface area contributed by atoms with E-state index in [9.17, 15) is 4.79 Å². The lowest BCUT2D eigenvalue weighted by Crippen LogP contribution is -2.51. The predicted octanol–water partition coefficient (Wildman–Crippen LogP) is 13.9. The summed E-state index contributed by atoms with van der Waals surface area (Å²) in [5, 5.41) is 0. The molecule has 4 aliphatic carbocycles. The molecular weight excluding hydrogens is 688 g/mol. The molecular formula is C48H71BrO2. The second-order valence-electron chi connectivity index (χ2n) is 17.2. The van der Waals surface area contributed by atoms with E-state index >= 15 is 0 Å². The fourth-order valence-corrected chi connectivity index (χ4v) is 11.3. The summed E-state index contributed by atoms with van der Waals surface area (Å²) in [5.74, 6) is 17.4. The number of halogens is 1. The standard InChI is InChI=1S/C48H71BrO2/c1-7-39(8-2)37(3)25-26-38(4)43-29-30-44-42-28-27-40-36-41(31-33-47(40,5)45(42)32-34-48(43,44)6)51-46(50)24-22-20-18-16-14-12-10-9-11-13-15-17-19-21-23-35-49/h9-10,23,27,35,38-39,41-45H,3,7-8,11,13,15-18,20,22,24-26,28-34,36H2,1-2,4-6H3/b10-9+,35-23+/t38-,41-,42+,43-,44+,45+,47+,48-/m1/s1. The summed E-state index contributed by atoms with van der Waals surface area (Å²) in [5.41, 5.74) is 3.90. The van der Waals surface area contributed by atoms with E-state index in [1.54, 1.807) is 10.6 Å².